The van der Waals surface area contributed by atoms with Crippen molar-refractivity contribution >= 4 is 17.4 Å². The van der Waals surface area contributed by atoms with E-state index in [0.29, 0.717) is 12.6 Å². The lowest BCUT2D eigenvalue weighted by Crippen LogP contribution is -2.08. The van der Waals surface area contributed by atoms with Gasteiger partial charge in [0, 0.05) is 28.7 Å². The molecule has 82 valence electrons. The summed E-state index contributed by atoms with van der Waals surface area (Å²) in [5, 5.41) is 3.54. The van der Waals surface area contributed by atoms with Gasteiger partial charge >= 0.3 is 0 Å². The molecule has 2 nitrogen and oxygen atoms in total. The SMILES string of the molecule is CCSc1cccc(NC2CC2)c1CN. The molecule has 0 atom stereocenters. The van der Waals surface area contributed by atoms with Crippen LogP contribution in [0.1, 0.15) is 25.3 Å². The fraction of sp³-hybridized carbons (Fsp3) is 0.500. The zero-order chi connectivity index (χ0) is 10.7. The van der Waals surface area contributed by atoms with E-state index in [0.717, 1.165) is 5.75 Å². The first-order chi connectivity index (χ1) is 7.35. The van der Waals surface area contributed by atoms with E-state index in [2.05, 4.69) is 30.4 Å². The first-order valence-corrected chi connectivity index (χ1v) is 6.55. The van der Waals surface area contributed by atoms with Gasteiger partial charge in [-0.05, 0) is 30.7 Å². The second kappa shape index (κ2) is 4.90. The lowest BCUT2D eigenvalue weighted by Gasteiger charge is -2.13. The number of thioether (sulfide) groups is 1. The van der Waals surface area contributed by atoms with E-state index in [-0.39, 0.29) is 0 Å². The molecule has 2 rings (SSSR count). The standard InChI is InChI=1S/C12H18N2S/c1-2-15-12-5-3-4-11(10(12)8-13)14-9-6-7-9/h3-5,9,14H,2,6-8,13H2,1H3. The minimum atomic E-state index is 0.623. The number of nitrogens with two attached hydrogens (primary N) is 1. The molecule has 3 heteroatoms. The summed E-state index contributed by atoms with van der Waals surface area (Å²) in [6, 6.07) is 7.11. The maximum absolute atomic E-state index is 5.82. The minimum Gasteiger partial charge on any atom is -0.382 e. The highest BCUT2D eigenvalue weighted by molar-refractivity contribution is 7.99. The Hall–Kier alpha value is -0.670. The molecule has 0 heterocycles. The topological polar surface area (TPSA) is 38.0 Å². The van der Waals surface area contributed by atoms with E-state index < -0.39 is 0 Å². The quantitative estimate of drug-likeness (QED) is 0.752. The van der Waals surface area contributed by atoms with Gasteiger partial charge in [0.05, 0.1) is 0 Å². The predicted octanol–water partition coefficient (Wildman–Crippen LogP) is 2.83. The second-order valence-electron chi connectivity index (χ2n) is 3.84. The second-order valence-corrected chi connectivity index (χ2v) is 5.14. The number of hydrogen-bond donors (Lipinski definition) is 2. The number of hydrogen-bond acceptors (Lipinski definition) is 3. The smallest absolute Gasteiger partial charge is 0.0399 e. The molecular weight excluding hydrogens is 204 g/mol. The summed E-state index contributed by atoms with van der Waals surface area (Å²) in [7, 11) is 0. The molecular formula is C12H18N2S. The van der Waals surface area contributed by atoms with Crippen LogP contribution in [-0.2, 0) is 6.54 Å². The van der Waals surface area contributed by atoms with Gasteiger partial charge in [0.2, 0.25) is 0 Å². The first-order valence-electron chi connectivity index (χ1n) is 5.56. The van der Waals surface area contributed by atoms with Crippen molar-refractivity contribution in [1.82, 2.24) is 0 Å². The Morgan fingerprint density at radius 3 is 2.87 bits per heavy atom. The third-order valence-electron chi connectivity index (χ3n) is 2.57. The van der Waals surface area contributed by atoms with Crippen LogP contribution >= 0.6 is 11.8 Å². The molecule has 0 radical (unpaired) electrons. The van der Waals surface area contributed by atoms with Crippen LogP contribution in [0.4, 0.5) is 5.69 Å². The normalized spacial score (nSPS) is 15.3. The Morgan fingerprint density at radius 1 is 1.47 bits per heavy atom. The van der Waals surface area contributed by atoms with Gasteiger partial charge in [-0.15, -0.1) is 11.8 Å². The summed E-state index contributed by atoms with van der Waals surface area (Å²) in [4.78, 5) is 1.32. The molecule has 0 aliphatic heterocycles. The molecule has 1 aromatic carbocycles. The number of benzene rings is 1. The number of rotatable bonds is 5. The first kappa shape index (κ1) is 10.8. The molecule has 0 amide bonds. The Balaban J connectivity index is 2.22. The van der Waals surface area contributed by atoms with Crippen LogP contribution in [0.2, 0.25) is 0 Å². The van der Waals surface area contributed by atoms with Gasteiger partial charge < -0.3 is 11.1 Å². The highest BCUT2D eigenvalue weighted by Gasteiger charge is 2.22. The molecule has 3 N–H and O–H groups in total. The van der Waals surface area contributed by atoms with Crippen molar-refractivity contribution in [2.24, 2.45) is 5.73 Å². The van der Waals surface area contributed by atoms with Gasteiger partial charge in [-0.2, -0.15) is 0 Å². The number of anilines is 1. The lowest BCUT2D eigenvalue weighted by atomic mass is 10.1. The van der Waals surface area contributed by atoms with Crippen LogP contribution in [0.25, 0.3) is 0 Å². The lowest BCUT2D eigenvalue weighted by molar-refractivity contribution is 1.01. The van der Waals surface area contributed by atoms with Crippen LogP contribution < -0.4 is 11.1 Å². The molecule has 0 unspecified atom stereocenters. The molecule has 1 fully saturated rings. The molecule has 1 aliphatic carbocycles. The molecule has 0 bridgehead atoms. The van der Waals surface area contributed by atoms with Crippen LogP contribution in [0.5, 0.6) is 0 Å². The Kier molecular flexibility index (Phi) is 3.54. The molecule has 1 aliphatic rings. The third kappa shape index (κ3) is 2.67. The van der Waals surface area contributed by atoms with E-state index >= 15 is 0 Å². The molecule has 15 heavy (non-hydrogen) atoms. The van der Waals surface area contributed by atoms with Crippen LogP contribution in [0, 0.1) is 0 Å². The van der Waals surface area contributed by atoms with E-state index in [1.54, 1.807) is 0 Å². The van der Waals surface area contributed by atoms with Crippen LogP contribution in [-0.4, -0.2) is 11.8 Å². The van der Waals surface area contributed by atoms with Crippen molar-refractivity contribution in [2.75, 3.05) is 11.1 Å². The van der Waals surface area contributed by atoms with Crippen molar-refractivity contribution < 1.29 is 0 Å². The summed E-state index contributed by atoms with van der Waals surface area (Å²) in [5.74, 6) is 1.10. The van der Waals surface area contributed by atoms with Crippen LogP contribution in [0.15, 0.2) is 23.1 Å². The summed E-state index contributed by atoms with van der Waals surface area (Å²) in [6.07, 6.45) is 2.60. The fourth-order valence-electron chi connectivity index (χ4n) is 1.65. The largest absolute Gasteiger partial charge is 0.382 e. The zero-order valence-corrected chi connectivity index (χ0v) is 9.94. The molecule has 1 aromatic rings. The predicted molar refractivity (Wildman–Crippen MR) is 67.4 cm³/mol. The Labute approximate surface area is 95.6 Å². The number of nitrogens with one attached hydrogen (secondary N) is 1. The fourth-order valence-corrected chi connectivity index (χ4v) is 2.50. The van der Waals surface area contributed by atoms with Gasteiger partial charge in [0.1, 0.15) is 0 Å². The van der Waals surface area contributed by atoms with Crippen molar-refractivity contribution in [1.29, 1.82) is 0 Å². The van der Waals surface area contributed by atoms with Crippen molar-refractivity contribution in [2.45, 2.75) is 37.2 Å². The molecule has 0 spiro atoms. The van der Waals surface area contributed by atoms with Crippen molar-refractivity contribution in [3.8, 4) is 0 Å². The summed E-state index contributed by atoms with van der Waals surface area (Å²) >= 11 is 1.87. The average Bonchev–Trinajstić information content (AvgIpc) is 3.03. The summed E-state index contributed by atoms with van der Waals surface area (Å²) < 4.78 is 0. The highest BCUT2D eigenvalue weighted by atomic mass is 32.2. The Morgan fingerprint density at radius 2 is 2.27 bits per heavy atom. The summed E-state index contributed by atoms with van der Waals surface area (Å²) in [5.41, 5.74) is 8.33. The monoisotopic (exact) mass is 222 g/mol. The highest BCUT2D eigenvalue weighted by Crippen LogP contribution is 2.31. The maximum atomic E-state index is 5.82. The van der Waals surface area contributed by atoms with Gasteiger partial charge in [0.15, 0.2) is 0 Å². The van der Waals surface area contributed by atoms with E-state index in [1.165, 1.54) is 29.0 Å². The van der Waals surface area contributed by atoms with Crippen molar-refractivity contribution in [3.63, 3.8) is 0 Å². The van der Waals surface area contributed by atoms with Gasteiger partial charge in [-0.25, -0.2) is 0 Å². The van der Waals surface area contributed by atoms with E-state index in [9.17, 15) is 0 Å². The summed E-state index contributed by atoms with van der Waals surface area (Å²) in [6.45, 7) is 2.80. The third-order valence-corrected chi connectivity index (χ3v) is 3.56. The van der Waals surface area contributed by atoms with Gasteiger partial charge in [-0.3, -0.25) is 0 Å². The minimum absolute atomic E-state index is 0.623. The molecule has 0 aromatic heterocycles. The Bertz CT molecular complexity index is 334. The van der Waals surface area contributed by atoms with E-state index in [4.69, 9.17) is 5.73 Å². The van der Waals surface area contributed by atoms with Crippen molar-refractivity contribution in [3.05, 3.63) is 23.8 Å². The molecule has 0 saturated heterocycles. The van der Waals surface area contributed by atoms with E-state index in [1.807, 2.05) is 11.8 Å². The van der Waals surface area contributed by atoms with Gasteiger partial charge in [0.25, 0.3) is 0 Å². The maximum Gasteiger partial charge on any atom is 0.0399 e. The average molecular weight is 222 g/mol. The molecule has 1 saturated carbocycles. The zero-order valence-electron chi connectivity index (χ0n) is 9.12. The van der Waals surface area contributed by atoms with Crippen LogP contribution in [0.3, 0.4) is 0 Å². The van der Waals surface area contributed by atoms with Gasteiger partial charge in [-0.1, -0.05) is 13.0 Å².